The van der Waals surface area contributed by atoms with Gasteiger partial charge in [0, 0.05) is 13.0 Å². The van der Waals surface area contributed by atoms with Crippen molar-refractivity contribution in [2.24, 2.45) is 0 Å². The minimum absolute atomic E-state index is 0.105. The van der Waals surface area contributed by atoms with Crippen molar-refractivity contribution in [3.8, 4) is 0 Å². The molecule has 1 rings (SSSR count). The van der Waals surface area contributed by atoms with Crippen molar-refractivity contribution in [1.82, 2.24) is 0 Å². The highest BCUT2D eigenvalue weighted by Crippen LogP contribution is 2.23. The van der Waals surface area contributed by atoms with Gasteiger partial charge >= 0.3 is 5.97 Å². The second-order valence-corrected chi connectivity index (χ2v) is 17.3. The summed E-state index contributed by atoms with van der Waals surface area (Å²) in [7, 11) is 0. The summed E-state index contributed by atoms with van der Waals surface area (Å²) in [5.74, 6) is -0.306. The van der Waals surface area contributed by atoms with E-state index in [1.54, 1.807) is 0 Å². The van der Waals surface area contributed by atoms with Crippen molar-refractivity contribution >= 4 is 5.97 Å². The van der Waals surface area contributed by atoms with Crippen LogP contribution in [-0.4, -0.2) is 89.6 Å². The van der Waals surface area contributed by atoms with Crippen LogP contribution >= 0.6 is 0 Å². The molecule has 0 radical (unpaired) electrons. The summed E-state index contributed by atoms with van der Waals surface area (Å²) in [6.07, 6.45) is 37.1. The Hall–Kier alpha value is -0.810. The average molecular weight is 815 g/mol. The molecule has 0 amide bonds. The van der Waals surface area contributed by atoms with Gasteiger partial charge in [-0.05, 0) is 12.8 Å². The van der Waals surface area contributed by atoms with Crippen LogP contribution in [0.5, 0.6) is 0 Å². The number of esters is 1. The molecule has 0 aliphatic carbocycles. The van der Waals surface area contributed by atoms with Gasteiger partial charge in [-0.2, -0.15) is 0 Å². The van der Waals surface area contributed by atoms with Gasteiger partial charge in [-0.3, -0.25) is 4.79 Å². The fourth-order valence-electron chi connectivity index (χ4n) is 7.91. The van der Waals surface area contributed by atoms with Crippen molar-refractivity contribution < 1.29 is 44.2 Å². The zero-order chi connectivity index (χ0) is 41.4. The Morgan fingerprint density at radius 3 is 1.25 bits per heavy atom. The molecule has 4 N–H and O–H groups in total. The lowest BCUT2D eigenvalue weighted by atomic mass is 9.99. The predicted octanol–water partition coefficient (Wildman–Crippen LogP) is 11.4. The van der Waals surface area contributed by atoms with E-state index in [-0.39, 0.29) is 19.2 Å². The van der Waals surface area contributed by atoms with Crippen LogP contribution in [-0.2, 0) is 23.7 Å². The predicted molar refractivity (Wildman–Crippen MR) is 233 cm³/mol. The maximum Gasteiger partial charge on any atom is 0.306 e. The number of aliphatic hydroxyl groups is 4. The topological polar surface area (TPSA) is 135 Å². The maximum atomic E-state index is 12.8. The lowest BCUT2D eigenvalue weighted by molar-refractivity contribution is -0.305. The molecule has 1 aliphatic heterocycles. The Morgan fingerprint density at radius 2 is 0.860 bits per heavy atom. The number of hydrogen-bond acceptors (Lipinski definition) is 9. The third-order valence-electron chi connectivity index (χ3n) is 11.8. The first kappa shape index (κ1) is 54.2. The van der Waals surface area contributed by atoms with E-state index in [0.717, 1.165) is 32.1 Å². The van der Waals surface area contributed by atoms with E-state index in [2.05, 4.69) is 13.8 Å². The quantitative estimate of drug-likeness (QED) is 0.0350. The van der Waals surface area contributed by atoms with E-state index in [9.17, 15) is 25.2 Å². The fraction of sp³-hybridized carbons (Fsp3) is 0.979. The molecule has 0 aromatic rings. The molecule has 1 fully saturated rings. The Bertz CT molecular complexity index is 843. The van der Waals surface area contributed by atoms with Gasteiger partial charge in [-0.1, -0.05) is 219 Å². The summed E-state index contributed by atoms with van der Waals surface area (Å²) < 4.78 is 22.8. The van der Waals surface area contributed by atoms with Gasteiger partial charge in [0.1, 0.15) is 30.5 Å². The summed E-state index contributed by atoms with van der Waals surface area (Å²) >= 11 is 0. The lowest BCUT2D eigenvalue weighted by Crippen LogP contribution is -2.59. The van der Waals surface area contributed by atoms with Crippen molar-refractivity contribution in [2.75, 3.05) is 26.4 Å². The SMILES string of the molecule is CCCCCCCCCCCCCCCCCCCCCCCCC(=O)OC(COCCCCCCCCCCCCCC)COC1OC(CO)C(O)C(O)C1O. The Balaban J connectivity index is 2.16. The monoisotopic (exact) mass is 815 g/mol. The largest absolute Gasteiger partial charge is 0.457 e. The van der Waals surface area contributed by atoms with Crippen LogP contribution in [0.15, 0.2) is 0 Å². The minimum atomic E-state index is -1.53. The van der Waals surface area contributed by atoms with Gasteiger partial charge < -0.3 is 39.4 Å². The zero-order valence-corrected chi connectivity index (χ0v) is 37.4. The molecule has 0 bridgehead atoms. The van der Waals surface area contributed by atoms with Crippen molar-refractivity contribution in [3.05, 3.63) is 0 Å². The van der Waals surface area contributed by atoms with Gasteiger partial charge in [0.25, 0.3) is 0 Å². The lowest BCUT2D eigenvalue weighted by Gasteiger charge is -2.39. The Labute approximate surface area is 351 Å². The molecule has 0 saturated carbocycles. The summed E-state index contributed by atoms with van der Waals surface area (Å²) in [5, 5.41) is 40.1. The van der Waals surface area contributed by atoms with Gasteiger partial charge in [-0.25, -0.2) is 0 Å². The van der Waals surface area contributed by atoms with E-state index in [1.165, 1.54) is 186 Å². The molecule has 1 aliphatic rings. The van der Waals surface area contributed by atoms with Crippen molar-refractivity contribution in [1.29, 1.82) is 0 Å². The molecule has 0 aromatic heterocycles. The maximum absolute atomic E-state index is 12.8. The van der Waals surface area contributed by atoms with E-state index >= 15 is 0 Å². The molecule has 0 spiro atoms. The number of unbranched alkanes of at least 4 members (excludes halogenated alkanes) is 32. The smallest absolute Gasteiger partial charge is 0.306 e. The molecular weight excluding hydrogens is 721 g/mol. The number of aliphatic hydroxyl groups excluding tert-OH is 4. The van der Waals surface area contributed by atoms with Crippen LogP contribution in [0.4, 0.5) is 0 Å². The van der Waals surface area contributed by atoms with E-state index in [4.69, 9.17) is 18.9 Å². The summed E-state index contributed by atoms with van der Waals surface area (Å²) in [6.45, 7) is 4.61. The van der Waals surface area contributed by atoms with Crippen LogP contribution in [0.3, 0.4) is 0 Å². The second-order valence-electron chi connectivity index (χ2n) is 17.3. The summed E-state index contributed by atoms with van der Waals surface area (Å²) in [6, 6.07) is 0. The number of hydrogen-bond donors (Lipinski definition) is 4. The highest BCUT2D eigenvalue weighted by molar-refractivity contribution is 5.69. The number of ether oxygens (including phenoxy) is 4. The molecular formula is C48H94O9. The van der Waals surface area contributed by atoms with E-state index in [0.29, 0.717) is 13.0 Å². The Kier molecular flexibility index (Phi) is 38.6. The number of carbonyl (C=O) groups excluding carboxylic acids is 1. The van der Waals surface area contributed by atoms with Crippen LogP contribution in [0.1, 0.15) is 239 Å². The number of rotatable bonds is 43. The fourth-order valence-corrected chi connectivity index (χ4v) is 7.91. The van der Waals surface area contributed by atoms with Gasteiger partial charge in [0.05, 0.1) is 19.8 Å². The molecule has 0 aromatic carbocycles. The second kappa shape index (κ2) is 40.6. The van der Waals surface area contributed by atoms with Crippen molar-refractivity contribution in [3.63, 3.8) is 0 Å². The minimum Gasteiger partial charge on any atom is -0.457 e. The first-order chi connectivity index (χ1) is 27.9. The first-order valence-electron chi connectivity index (χ1n) is 24.6. The van der Waals surface area contributed by atoms with Crippen LogP contribution < -0.4 is 0 Å². The normalized spacial score (nSPS) is 20.3. The third kappa shape index (κ3) is 31.7. The molecule has 1 saturated heterocycles. The Morgan fingerprint density at radius 1 is 0.491 bits per heavy atom. The van der Waals surface area contributed by atoms with Crippen LogP contribution in [0.25, 0.3) is 0 Å². The van der Waals surface area contributed by atoms with Gasteiger partial charge in [0.15, 0.2) is 6.29 Å². The third-order valence-corrected chi connectivity index (χ3v) is 11.8. The zero-order valence-electron chi connectivity index (χ0n) is 37.4. The molecule has 1 heterocycles. The van der Waals surface area contributed by atoms with Crippen LogP contribution in [0.2, 0.25) is 0 Å². The average Bonchev–Trinajstić information content (AvgIpc) is 3.21. The van der Waals surface area contributed by atoms with Gasteiger partial charge in [-0.15, -0.1) is 0 Å². The molecule has 340 valence electrons. The van der Waals surface area contributed by atoms with Gasteiger partial charge in [0.2, 0.25) is 0 Å². The first-order valence-corrected chi connectivity index (χ1v) is 24.6. The van der Waals surface area contributed by atoms with Crippen molar-refractivity contribution in [2.45, 2.75) is 275 Å². The summed E-state index contributed by atoms with van der Waals surface area (Å²) in [4.78, 5) is 12.8. The van der Waals surface area contributed by atoms with Crippen LogP contribution in [0, 0.1) is 0 Å². The van der Waals surface area contributed by atoms with E-state index in [1.807, 2.05) is 0 Å². The van der Waals surface area contributed by atoms with E-state index < -0.39 is 43.4 Å². The molecule has 6 atom stereocenters. The highest BCUT2D eigenvalue weighted by Gasteiger charge is 2.44. The molecule has 57 heavy (non-hydrogen) atoms. The molecule has 6 unspecified atom stereocenters. The molecule has 9 nitrogen and oxygen atoms in total. The highest BCUT2D eigenvalue weighted by atomic mass is 16.7. The standard InChI is InChI=1S/C48H94O9/c1-3-5-7-9-11-13-15-17-18-19-20-21-22-23-24-25-26-27-29-31-33-35-37-44(50)56-42(41-55-48-47(53)46(52)45(51)43(39-49)57-48)40-54-38-36-34-32-30-28-16-14-12-10-8-6-4-2/h42-43,45-49,51-53H,3-41H2,1-2H3. The number of carbonyl (C=O) groups is 1. The molecule has 9 heteroatoms. The summed E-state index contributed by atoms with van der Waals surface area (Å²) in [5.41, 5.74) is 0.